The van der Waals surface area contributed by atoms with E-state index in [1.807, 2.05) is 48.5 Å². The fourth-order valence-electron chi connectivity index (χ4n) is 5.32. The Labute approximate surface area is 257 Å². The van der Waals surface area contributed by atoms with E-state index in [2.05, 4.69) is 22.6 Å². The molecule has 2 aliphatic carbocycles. The summed E-state index contributed by atoms with van der Waals surface area (Å²) < 4.78 is 33.7. The molecule has 2 saturated carbocycles. The van der Waals surface area contributed by atoms with Crippen LogP contribution in [0, 0.1) is 3.57 Å². The highest BCUT2D eigenvalue weighted by molar-refractivity contribution is 14.1. The Bertz CT molecular complexity index is 1060. The van der Waals surface area contributed by atoms with E-state index in [1.54, 1.807) is 14.2 Å². The average Bonchev–Trinajstić information content (AvgIpc) is 3.63. The molecule has 0 atom stereocenters. The van der Waals surface area contributed by atoms with E-state index in [0.717, 1.165) is 42.7 Å². The molecule has 4 aliphatic rings. The molecule has 0 radical (unpaired) electrons. The van der Waals surface area contributed by atoms with Crippen LogP contribution in [0.4, 0.5) is 0 Å². The van der Waals surface area contributed by atoms with Gasteiger partial charge in [0.25, 0.3) is 0 Å². The lowest BCUT2D eigenvalue weighted by Gasteiger charge is -2.40. The Morgan fingerprint density at radius 1 is 0.725 bits per heavy atom. The zero-order chi connectivity index (χ0) is 27.8. The van der Waals surface area contributed by atoms with Crippen molar-refractivity contribution in [3.63, 3.8) is 0 Å². The van der Waals surface area contributed by atoms with Gasteiger partial charge in [-0.05, 0) is 71.3 Å². The molecule has 1 N–H and O–H groups in total. The summed E-state index contributed by atoms with van der Waals surface area (Å²) in [5.41, 5.74) is 0.120. The Kier molecular flexibility index (Phi) is 12.6. The standard InChI is InChI=1S/C15H20O4.C8H12O3.C7H7IO.H2S/c1-17-13-4-2-3-12(11-13)14(16)5-7-15(8-6-14)18-9-10-19-15;9-7-1-3-8(4-2-7)10-5-6-11-8;1-9-7-4-2-3-6(8)5-7;/h2-4,11,16H,5-10H2,1H3;1-6H2;2-5H,1H3;1H2. The predicted molar refractivity (Wildman–Crippen MR) is 164 cm³/mol. The smallest absolute Gasteiger partial charge is 0.169 e. The van der Waals surface area contributed by atoms with E-state index >= 15 is 0 Å². The van der Waals surface area contributed by atoms with Crippen LogP contribution in [-0.2, 0) is 29.3 Å². The Balaban J connectivity index is 0.000000179. The number of Topliss-reactive ketones (excluding diaryl/α,β-unsaturated/α-hetero) is 1. The maximum Gasteiger partial charge on any atom is 0.169 e. The molecule has 10 heteroatoms. The van der Waals surface area contributed by atoms with Crippen LogP contribution in [0.2, 0.25) is 0 Å². The van der Waals surface area contributed by atoms with Gasteiger partial charge < -0.3 is 33.5 Å². The summed E-state index contributed by atoms with van der Waals surface area (Å²) >= 11 is 2.25. The van der Waals surface area contributed by atoms with Gasteiger partial charge >= 0.3 is 0 Å². The van der Waals surface area contributed by atoms with Crippen LogP contribution >= 0.6 is 36.1 Å². The lowest BCUT2D eigenvalue weighted by atomic mass is 9.77. The largest absolute Gasteiger partial charge is 0.497 e. The van der Waals surface area contributed by atoms with Crippen molar-refractivity contribution in [3.05, 3.63) is 57.7 Å². The fourth-order valence-corrected chi connectivity index (χ4v) is 5.84. The summed E-state index contributed by atoms with van der Waals surface area (Å²) in [6, 6.07) is 15.6. The first kappa shape index (κ1) is 33.1. The van der Waals surface area contributed by atoms with Crippen LogP contribution in [0.15, 0.2) is 48.5 Å². The van der Waals surface area contributed by atoms with Gasteiger partial charge in [0.15, 0.2) is 11.6 Å². The van der Waals surface area contributed by atoms with Crippen LogP contribution in [0.3, 0.4) is 0 Å². The van der Waals surface area contributed by atoms with Gasteiger partial charge in [-0.15, -0.1) is 0 Å². The number of rotatable bonds is 3. The molecule has 2 aliphatic heterocycles. The highest BCUT2D eigenvalue weighted by Gasteiger charge is 2.46. The zero-order valence-corrected chi connectivity index (χ0v) is 26.4. The molecule has 0 unspecified atom stereocenters. The van der Waals surface area contributed by atoms with Crippen molar-refractivity contribution >= 4 is 41.9 Å². The topological polar surface area (TPSA) is 92.7 Å². The van der Waals surface area contributed by atoms with Gasteiger partial charge in [-0.3, -0.25) is 4.79 Å². The molecule has 2 aromatic rings. The van der Waals surface area contributed by atoms with Crippen LogP contribution < -0.4 is 9.47 Å². The summed E-state index contributed by atoms with van der Waals surface area (Å²) in [5, 5.41) is 10.8. The van der Waals surface area contributed by atoms with Gasteiger partial charge in [0.1, 0.15) is 17.3 Å². The van der Waals surface area contributed by atoms with Crippen molar-refractivity contribution in [2.75, 3.05) is 40.6 Å². The van der Waals surface area contributed by atoms with Crippen molar-refractivity contribution in [2.24, 2.45) is 0 Å². The third-order valence-electron chi connectivity index (χ3n) is 7.67. The second-order valence-electron chi connectivity index (χ2n) is 10.2. The minimum atomic E-state index is -0.797. The molecular weight excluding hydrogens is 647 g/mol. The summed E-state index contributed by atoms with van der Waals surface area (Å²) in [5.74, 6) is 1.23. The number of hydrogen-bond donors (Lipinski definition) is 1. The molecule has 0 bridgehead atoms. The predicted octanol–water partition coefficient (Wildman–Crippen LogP) is 5.49. The maximum absolute atomic E-state index is 10.9. The molecule has 0 aromatic heterocycles. The second kappa shape index (κ2) is 15.2. The fraction of sp³-hybridized carbons (Fsp3) is 0.567. The summed E-state index contributed by atoms with van der Waals surface area (Å²) in [4.78, 5) is 10.9. The van der Waals surface area contributed by atoms with Gasteiger partial charge in [0, 0.05) is 42.1 Å². The van der Waals surface area contributed by atoms with Gasteiger partial charge in [-0.2, -0.15) is 13.5 Å². The lowest BCUT2D eigenvalue weighted by Crippen LogP contribution is -2.42. The van der Waals surface area contributed by atoms with E-state index in [-0.39, 0.29) is 19.3 Å². The lowest BCUT2D eigenvalue weighted by molar-refractivity contribution is -0.204. The van der Waals surface area contributed by atoms with Crippen molar-refractivity contribution in [2.45, 2.75) is 68.5 Å². The number of carbonyl (C=O) groups excluding carboxylic acids is 1. The number of aliphatic hydroxyl groups is 1. The van der Waals surface area contributed by atoms with Gasteiger partial charge in [0.05, 0.1) is 46.2 Å². The number of halogens is 1. The Morgan fingerprint density at radius 2 is 1.20 bits per heavy atom. The van der Waals surface area contributed by atoms with Crippen LogP contribution in [0.25, 0.3) is 0 Å². The Morgan fingerprint density at radius 3 is 1.68 bits per heavy atom. The molecule has 8 nitrogen and oxygen atoms in total. The zero-order valence-electron chi connectivity index (χ0n) is 23.3. The highest BCUT2D eigenvalue weighted by atomic mass is 127. The first-order valence-electron chi connectivity index (χ1n) is 13.5. The number of hydrogen-bond acceptors (Lipinski definition) is 8. The third kappa shape index (κ3) is 8.80. The van der Waals surface area contributed by atoms with Crippen molar-refractivity contribution in [3.8, 4) is 11.5 Å². The maximum atomic E-state index is 10.9. The van der Waals surface area contributed by atoms with Gasteiger partial charge in [0.2, 0.25) is 0 Å². The van der Waals surface area contributed by atoms with Crippen LogP contribution in [0.1, 0.15) is 56.9 Å². The molecule has 40 heavy (non-hydrogen) atoms. The second-order valence-corrected chi connectivity index (χ2v) is 11.4. The molecule has 6 rings (SSSR count). The number of ketones is 1. The minimum Gasteiger partial charge on any atom is -0.497 e. The molecule has 2 heterocycles. The molecule has 222 valence electrons. The van der Waals surface area contributed by atoms with Crippen LogP contribution in [0.5, 0.6) is 11.5 Å². The van der Waals surface area contributed by atoms with Crippen molar-refractivity contribution in [1.29, 1.82) is 0 Å². The van der Waals surface area contributed by atoms with Gasteiger partial charge in [-0.25, -0.2) is 0 Å². The summed E-state index contributed by atoms with van der Waals surface area (Å²) in [6.07, 6.45) is 5.54. The molecule has 2 spiro atoms. The molecule has 2 saturated heterocycles. The number of carbonyl (C=O) groups is 1. The highest BCUT2D eigenvalue weighted by Crippen LogP contribution is 2.45. The molecule has 4 fully saturated rings. The Hall–Kier alpha value is -1.41. The van der Waals surface area contributed by atoms with Crippen molar-refractivity contribution < 1.29 is 38.3 Å². The number of ether oxygens (including phenoxy) is 6. The SMILES string of the molecule is COc1cccc(C2(O)CCC3(CC2)OCCO3)c1.COc1cccc(I)c1.O=C1CCC2(CC1)OCCO2.S. The first-order chi connectivity index (χ1) is 18.8. The first-order valence-corrected chi connectivity index (χ1v) is 14.6. The van der Waals surface area contributed by atoms with E-state index in [4.69, 9.17) is 28.4 Å². The van der Waals surface area contributed by atoms with Gasteiger partial charge in [-0.1, -0.05) is 18.2 Å². The van der Waals surface area contributed by atoms with E-state index in [9.17, 15) is 9.90 Å². The summed E-state index contributed by atoms with van der Waals surface area (Å²) in [7, 11) is 3.31. The quantitative estimate of drug-likeness (QED) is 0.424. The minimum absolute atomic E-state index is 0. The normalized spacial score (nSPS) is 21.9. The van der Waals surface area contributed by atoms with E-state index in [0.29, 0.717) is 57.9 Å². The van der Waals surface area contributed by atoms with Crippen LogP contribution in [-0.4, -0.2) is 63.1 Å². The molecular formula is C30H41IO8S. The van der Waals surface area contributed by atoms with E-state index in [1.165, 1.54) is 3.57 Å². The van der Waals surface area contributed by atoms with E-state index < -0.39 is 11.4 Å². The monoisotopic (exact) mass is 688 g/mol. The summed E-state index contributed by atoms with van der Waals surface area (Å²) in [6.45, 7) is 2.71. The average molecular weight is 689 g/mol. The molecule has 0 amide bonds. The van der Waals surface area contributed by atoms with Crippen molar-refractivity contribution in [1.82, 2.24) is 0 Å². The number of benzene rings is 2. The molecule has 2 aromatic carbocycles. The number of methoxy groups -OCH3 is 2. The third-order valence-corrected chi connectivity index (χ3v) is 8.35.